The van der Waals surface area contributed by atoms with E-state index < -0.39 is 0 Å². The minimum atomic E-state index is -0.130. The molecule has 0 aliphatic carbocycles. The molecule has 84 valence electrons. The van der Waals surface area contributed by atoms with Crippen molar-refractivity contribution in [3.8, 4) is 0 Å². The van der Waals surface area contributed by atoms with Gasteiger partial charge in [0.25, 0.3) is 0 Å². The van der Waals surface area contributed by atoms with Crippen molar-refractivity contribution in [3.63, 3.8) is 0 Å². The van der Waals surface area contributed by atoms with Crippen LogP contribution in [0, 0.1) is 0 Å². The summed E-state index contributed by atoms with van der Waals surface area (Å²) in [7, 11) is 1.77. The molecule has 0 saturated heterocycles. The van der Waals surface area contributed by atoms with Crippen molar-refractivity contribution >= 4 is 17.7 Å². The molecule has 1 heterocycles. The summed E-state index contributed by atoms with van der Waals surface area (Å²) in [5.41, 5.74) is 0. The van der Waals surface area contributed by atoms with E-state index in [1.54, 1.807) is 11.7 Å². The zero-order valence-corrected chi connectivity index (χ0v) is 9.91. The van der Waals surface area contributed by atoms with Crippen molar-refractivity contribution in [2.45, 2.75) is 18.6 Å². The van der Waals surface area contributed by atoms with Crippen molar-refractivity contribution in [1.29, 1.82) is 0 Å². The van der Waals surface area contributed by atoms with Gasteiger partial charge in [-0.3, -0.25) is 4.79 Å². The molecule has 0 aliphatic rings. The van der Waals surface area contributed by atoms with Gasteiger partial charge in [0.1, 0.15) is 0 Å². The highest BCUT2D eigenvalue weighted by molar-refractivity contribution is 7.99. The Morgan fingerprint density at radius 3 is 2.87 bits per heavy atom. The fourth-order valence-electron chi connectivity index (χ4n) is 1.16. The van der Waals surface area contributed by atoms with E-state index in [4.69, 9.17) is 0 Å². The maximum Gasteiger partial charge on any atom is 0.233 e. The lowest BCUT2D eigenvalue weighted by molar-refractivity contribution is -0.120. The van der Waals surface area contributed by atoms with E-state index in [2.05, 4.69) is 20.8 Å². The first kappa shape index (κ1) is 12.0. The first-order valence-corrected chi connectivity index (χ1v) is 5.99. The standard InChI is InChI=1S/C8H15N5OS/c1-4-9-8(14)6(15-3)5-7-10-11-12-13(7)2/h6H,4-5H2,1-3H3,(H,9,14). The van der Waals surface area contributed by atoms with E-state index in [0.717, 1.165) is 5.82 Å². The summed E-state index contributed by atoms with van der Waals surface area (Å²) in [6, 6.07) is 0. The zero-order chi connectivity index (χ0) is 11.3. The van der Waals surface area contributed by atoms with Crippen LogP contribution in [0.15, 0.2) is 0 Å². The summed E-state index contributed by atoms with van der Waals surface area (Å²) in [6.45, 7) is 2.55. The molecule has 0 radical (unpaired) electrons. The highest BCUT2D eigenvalue weighted by Crippen LogP contribution is 2.11. The molecular formula is C8H15N5OS. The average Bonchev–Trinajstić information content (AvgIpc) is 2.61. The van der Waals surface area contributed by atoms with E-state index in [1.807, 2.05) is 13.2 Å². The molecule has 0 fully saturated rings. The number of amides is 1. The molecule has 1 amide bonds. The van der Waals surface area contributed by atoms with E-state index in [1.165, 1.54) is 11.8 Å². The summed E-state index contributed by atoms with van der Waals surface area (Å²) in [6.07, 6.45) is 2.46. The van der Waals surface area contributed by atoms with Gasteiger partial charge in [0.05, 0.1) is 5.25 Å². The largest absolute Gasteiger partial charge is 0.355 e. The topological polar surface area (TPSA) is 72.7 Å². The minimum Gasteiger partial charge on any atom is -0.355 e. The fourth-order valence-corrected chi connectivity index (χ4v) is 1.77. The average molecular weight is 229 g/mol. The van der Waals surface area contributed by atoms with Gasteiger partial charge in [-0.2, -0.15) is 11.8 Å². The van der Waals surface area contributed by atoms with Crippen molar-refractivity contribution in [3.05, 3.63) is 5.82 Å². The smallest absolute Gasteiger partial charge is 0.233 e. The number of aryl methyl sites for hydroxylation is 1. The molecule has 1 rings (SSSR count). The number of hydrogen-bond acceptors (Lipinski definition) is 5. The quantitative estimate of drug-likeness (QED) is 0.745. The summed E-state index contributed by atoms with van der Waals surface area (Å²) in [5.74, 6) is 0.758. The van der Waals surface area contributed by atoms with Gasteiger partial charge in [-0.1, -0.05) is 0 Å². The number of tetrazole rings is 1. The number of nitrogens with one attached hydrogen (secondary N) is 1. The van der Waals surface area contributed by atoms with Crippen LogP contribution in [0.2, 0.25) is 0 Å². The number of carbonyl (C=O) groups excluding carboxylic acids is 1. The van der Waals surface area contributed by atoms with Crippen LogP contribution < -0.4 is 5.32 Å². The van der Waals surface area contributed by atoms with Crippen LogP contribution in [-0.4, -0.2) is 44.2 Å². The summed E-state index contributed by atoms with van der Waals surface area (Å²) >= 11 is 1.50. The van der Waals surface area contributed by atoms with Crippen LogP contribution >= 0.6 is 11.8 Å². The number of aromatic nitrogens is 4. The van der Waals surface area contributed by atoms with Gasteiger partial charge in [-0.05, 0) is 23.6 Å². The lowest BCUT2D eigenvalue weighted by Gasteiger charge is -2.12. The molecule has 6 nitrogen and oxygen atoms in total. The van der Waals surface area contributed by atoms with Gasteiger partial charge < -0.3 is 5.32 Å². The molecule has 1 N–H and O–H groups in total. The Bertz CT molecular complexity index is 327. The Morgan fingerprint density at radius 1 is 1.67 bits per heavy atom. The van der Waals surface area contributed by atoms with Crippen LogP contribution in [0.25, 0.3) is 0 Å². The Morgan fingerprint density at radius 2 is 2.40 bits per heavy atom. The van der Waals surface area contributed by atoms with Crippen LogP contribution in [0.4, 0.5) is 0 Å². The summed E-state index contributed by atoms with van der Waals surface area (Å²) in [5, 5.41) is 13.8. The number of nitrogens with zero attached hydrogens (tertiary/aromatic N) is 4. The molecular weight excluding hydrogens is 214 g/mol. The maximum atomic E-state index is 11.6. The SMILES string of the molecule is CCNC(=O)C(Cc1nnnn1C)SC. The summed E-state index contributed by atoms with van der Waals surface area (Å²) in [4.78, 5) is 11.6. The van der Waals surface area contributed by atoms with Gasteiger partial charge in [0.2, 0.25) is 5.91 Å². The van der Waals surface area contributed by atoms with Gasteiger partial charge in [0, 0.05) is 20.0 Å². The van der Waals surface area contributed by atoms with Gasteiger partial charge in [-0.15, -0.1) is 5.10 Å². The van der Waals surface area contributed by atoms with Crippen molar-refractivity contribution < 1.29 is 4.79 Å². The van der Waals surface area contributed by atoms with Gasteiger partial charge >= 0.3 is 0 Å². The van der Waals surface area contributed by atoms with Crippen molar-refractivity contribution in [2.75, 3.05) is 12.8 Å². The van der Waals surface area contributed by atoms with Gasteiger partial charge in [-0.25, -0.2) is 4.68 Å². The lowest BCUT2D eigenvalue weighted by Crippen LogP contribution is -2.34. The molecule has 0 bridgehead atoms. The van der Waals surface area contributed by atoms with E-state index in [0.29, 0.717) is 13.0 Å². The fraction of sp³-hybridized carbons (Fsp3) is 0.750. The molecule has 0 saturated carbocycles. The number of hydrogen-bond donors (Lipinski definition) is 1. The van der Waals surface area contributed by atoms with Crippen molar-refractivity contribution in [1.82, 2.24) is 25.5 Å². The van der Waals surface area contributed by atoms with E-state index in [9.17, 15) is 4.79 Å². The Hall–Kier alpha value is -1.11. The first-order valence-electron chi connectivity index (χ1n) is 4.70. The zero-order valence-electron chi connectivity index (χ0n) is 9.10. The number of carbonyl (C=O) groups is 1. The third-order valence-electron chi connectivity index (χ3n) is 2.00. The lowest BCUT2D eigenvalue weighted by atomic mass is 10.2. The van der Waals surface area contributed by atoms with Crippen LogP contribution in [-0.2, 0) is 18.3 Å². The highest BCUT2D eigenvalue weighted by atomic mass is 32.2. The maximum absolute atomic E-state index is 11.6. The molecule has 0 spiro atoms. The molecule has 1 aromatic rings. The Labute approximate surface area is 92.8 Å². The molecule has 1 aromatic heterocycles. The highest BCUT2D eigenvalue weighted by Gasteiger charge is 2.19. The van der Waals surface area contributed by atoms with E-state index >= 15 is 0 Å². The molecule has 7 heteroatoms. The minimum absolute atomic E-state index is 0.0352. The Balaban J connectivity index is 2.61. The van der Waals surface area contributed by atoms with Crippen molar-refractivity contribution in [2.24, 2.45) is 7.05 Å². The van der Waals surface area contributed by atoms with Gasteiger partial charge in [0.15, 0.2) is 5.82 Å². The predicted molar refractivity (Wildman–Crippen MR) is 58.5 cm³/mol. The molecule has 0 aromatic carbocycles. The molecule has 1 unspecified atom stereocenters. The Kier molecular flexibility index (Phi) is 4.54. The van der Waals surface area contributed by atoms with Crippen LogP contribution in [0.3, 0.4) is 0 Å². The van der Waals surface area contributed by atoms with E-state index in [-0.39, 0.29) is 11.2 Å². The second-order valence-electron chi connectivity index (χ2n) is 3.04. The molecule has 1 atom stereocenters. The van der Waals surface area contributed by atoms with Crippen LogP contribution in [0.1, 0.15) is 12.7 Å². The first-order chi connectivity index (χ1) is 7.19. The third-order valence-corrected chi connectivity index (χ3v) is 2.95. The second kappa shape index (κ2) is 5.69. The molecule has 0 aliphatic heterocycles. The normalized spacial score (nSPS) is 12.5. The number of thioether (sulfide) groups is 1. The molecule has 15 heavy (non-hydrogen) atoms. The van der Waals surface area contributed by atoms with Crippen LogP contribution in [0.5, 0.6) is 0 Å². The second-order valence-corrected chi connectivity index (χ2v) is 4.08. The third kappa shape index (κ3) is 3.19. The predicted octanol–water partition coefficient (Wildman–Crippen LogP) is -0.380. The summed E-state index contributed by atoms with van der Waals surface area (Å²) < 4.78 is 1.59. The monoisotopic (exact) mass is 229 g/mol. The number of rotatable bonds is 5.